The second kappa shape index (κ2) is 8.32. The van der Waals surface area contributed by atoms with E-state index in [9.17, 15) is 23.1 Å². The number of alkyl halides is 3. The zero-order valence-corrected chi connectivity index (χ0v) is 13.2. The molecule has 0 spiro atoms. The molecule has 1 aromatic heterocycles. The fraction of sp³-hybridized carbons (Fsp3) is 0.625. The van der Waals surface area contributed by atoms with Crippen molar-refractivity contribution in [2.75, 3.05) is 19.7 Å². The van der Waals surface area contributed by atoms with Crippen LogP contribution in [0, 0.1) is 5.92 Å². The van der Waals surface area contributed by atoms with Gasteiger partial charge in [-0.05, 0) is 37.3 Å². The quantitative estimate of drug-likeness (QED) is 0.804. The molecule has 134 valence electrons. The van der Waals surface area contributed by atoms with Crippen LogP contribution in [0.2, 0.25) is 0 Å². The Morgan fingerprint density at radius 3 is 2.71 bits per heavy atom. The van der Waals surface area contributed by atoms with Crippen molar-refractivity contribution in [3.8, 4) is 5.75 Å². The molecule has 1 aromatic rings. The number of aliphatic hydroxyl groups excluding tert-OH is 1. The summed E-state index contributed by atoms with van der Waals surface area (Å²) < 4.78 is 42.9. The van der Waals surface area contributed by atoms with Crippen LogP contribution in [0.3, 0.4) is 0 Å². The molecule has 1 amide bonds. The molecule has 0 aromatic carbocycles. The molecule has 2 heterocycles. The number of halogens is 3. The van der Waals surface area contributed by atoms with Gasteiger partial charge in [-0.2, -0.15) is 13.2 Å². The highest BCUT2D eigenvalue weighted by Crippen LogP contribution is 2.31. The number of rotatable bonds is 6. The lowest BCUT2D eigenvalue weighted by Crippen LogP contribution is -2.45. The zero-order chi connectivity index (χ0) is 17.6. The molecule has 1 fully saturated rings. The Bertz CT molecular complexity index is 517. The van der Waals surface area contributed by atoms with E-state index < -0.39 is 18.2 Å². The predicted molar refractivity (Wildman–Crippen MR) is 80.3 cm³/mol. The molecule has 5 nitrogen and oxygen atoms in total. The molecule has 8 heteroatoms. The zero-order valence-electron chi connectivity index (χ0n) is 13.2. The number of hydrogen-bond donors (Lipinski definition) is 1. The smallest absolute Gasteiger partial charge is 0.414 e. The average Bonchev–Trinajstić information content (AvgIpc) is 2.58. The Balaban J connectivity index is 1.66. The van der Waals surface area contributed by atoms with Crippen LogP contribution in [0.25, 0.3) is 0 Å². The number of nitrogens with zero attached hydrogens (tertiary/aromatic N) is 2. The van der Waals surface area contributed by atoms with E-state index >= 15 is 0 Å². The molecule has 1 saturated heterocycles. The van der Waals surface area contributed by atoms with E-state index in [2.05, 4.69) is 4.98 Å². The molecule has 1 N–H and O–H groups in total. The number of carbonyl (C=O) groups excluding carboxylic acids is 1. The number of ether oxygens (including phenoxy) is 1. The van der Waals surface area contributed by atoms with Crippen LogP contribution in [0.15, 0.2) is 24.5 Å². The lowest BCUT2D eigenvalue weighted by molar-refractivity contribution is -0.222. The van der Waals surface area contributed by atoms with Crippen molar-refractivity contribution in [2.24, 2.45) is 5.92 Å². The molecule has 2 rings (SSSR count). The van der Waals surface area contributed by atoms with Crippen molar-refractivity contribution in [2.45, 2.75) is 38.0 Å². The van der Waals surface area contributed by atoms with Gasteiger partial charge in [0.2, 0.25) is 5.91 Å². The first-order valence-corrected chi connectivity index (χ1v) is 7.93. The Labute approximate surface area is 138 Å². The van der Waals surface area contributed by atoms with Crippen molar-refractivity contribution in [1.29, 1.82) is 0 Å². The number of hydrogen-bond acceptors (Lipinski definition) is 4. The standard InChI is InChI=1S/C16H21F3N2O3/c17-16(18,19)15(23)12-5-8-21(9-6-12)14(22)4-2-10-24-13-3-1-7-20-11-13/h1,3,7,11-12,15,23H,2,4-6,8-10H2. The summed E-state index contributed by atoms with van der Waals surface area (Å²) in [6.45, 7) is 0.876. The van der Waals surface area contributed by atoms with Gasteiger partial charge in [0.05, 0.1) is 12.8 Å². The van der Waals surface area contributed by atoms with Crippen molar-refractivity contribution in [3.63, 3.8) is 0 Å². The van der Waals surface area contributed by atoms with Gasteiger partial charge >= 0.3 is 6.18 Å². The number of amides is 1. The van der Waals surface area contributed by atoms with E-state index in [-0.39, 0.29) is 38.3 Å². The highest BCUT2D eigenvalue weighted by Gasteiger charge is 2.44. The maximum Gasteiger partial charge on any atom is 0.414 e. The van der Waals surface area contributed by atoms with Crippen LogP contribution in [0.5, 0.6) is 5.75 Å². The van der Waals surface area contributed by atoms with Gasteiger partial charge < -0.3 is 14.7 Å². The van der Waals surface area contributed by atoms with Gasteiger partial charge in [-0.25, -0.2) is 0 Å². The van der Waals surface area contributed by atoms with Gasteiger partial charge in [-0.15, -0.1) is 0 Å². The van der Waals surface area contributed by atoms with Gasteiger partial charge in [0.25, 0.3) is 0 Å². The molecule has 1 aliphatic rings. The van der Waals surface area contributed by atoms with Gasteiger partial charge in [0.15, 0.2) is 6.10 Å². The molecule has 1 atom stereocenters. The number of aromatic nitrogens is 1. The van der Waals surface area contributed by atoms with Crippen molar-refractivity contribution in [1.82, 2.24) is 9.88 Å². The normalized spacial score (nSPS) is 17.6. The molecule has 0 saturated carbocycles. The Kier molecular flexibility index (Phi) is 6.42. The minimum absolute atomic E-state index is 0.0928. The molecule has 24 heavy (non-hydrogen) atoms. The summed E-state index contributed by atoms with van der Waals surface area (Å²) >= 11 is 0. The van der Waals surface area contributed by atoms with E-state index in [1.54, 1.807) is 29.4 Å². The van der Waals surface area contributed by atoms with Gasteiger partial charge in [0.1, 0.15) is 5.75 Å². The minimum Gasteiger partial charge on any atom is -0.492 e. The van der Waals surface area contributed by atoms with Crippen LogP contribution < -0.4 is 4.74 Å². The van der Waals surface area contributed by atoms with E-state index in [0.29, 0.717) is 18.8 Å². The third kappa shape index (κ3) is 5.36. The lowest BCUT2D eigenvalue weighted by atomic mass is 9.90. The molecule has 1 unspecified atom stereocenters. The highest BCUT2D eigenvalue weighted by molar-refractivity contribution is 5.76. The van der Waals surface area contributed by atoms with E-state index in [0.717, 1.165) is 0 Å². The first-order valence-electron chi connectivity index (χ1n) is 7.93. The summed E-state index contributed by atoms with van der Waals surface area (Å²) in [6.07, 6.45) is -2.54. The number of carbonyl (C=O) groups is 1. The summed E-state index contributed by atoms with van der Waals surface area (Å²) in [7, 11) is 0. The second-order valence-electron chi connectivity index (χ2n) is 5.85. The first kappa shape index (κ1) is 18.5. The summed E-state index contributed by atoms with van der Waals surface area (Å²) in [5.41, 5.74) is 0. The van der Waals surface area contributed by atoms with Crippen LogP contribution in [0.1, 0.15) is 25.7 Å². The minimum atomic E-state index is -4.60. The van der Waals surface area contributed by atoms with Crippen molar-refractivity contribution in [3.05, 3.63) is 24.5 Å². The third-order valence-electron chi connectivity index (χ3n) is 4.11. The van der Waals surface area contributed by atoms with Crippen molar-refractivity contribution >= 4 is 5.91 Å². The molecule has 0 radical (unpaired) electrons. The molecule has 1 aliphatic heterocycles. The summed E-state index contributed by atoms with van der Waals surface area (Å²) in [5, 5.41) is 9.27. The number of pyridine rings is 1. The largest absolute Gasteiger partial charge is 0.492 e. The van der Waals surface area contributed by atoms with Crippen LogP contribution in [-0.4, -0.2) is 52.9 Å². The topological polar surface area (TPSA) is 62.7 Å². The molecule has 0 bridgehead atoms. The van der Waals surface area contributed by atoms with Crippen LogP contribution >= 0.6 is 0 Å². The lowest BCUT2D eigenvalue weighted by Gasteiger charge is -2.34. The van der Waals surface area contributed by atoms with Gasteiger partial charge in [0, 0.05) is 25.7 Å². The SMILES string of the molecule is O=C(CCCOc1cccnc1)N1CCC(C(O)C(F)(F)F)CC1. The Hall–Kier alpha value is -1.83. The highest BCUT2D eigenvalue weighted by atomic mass is 19.4. The second-order valence-corrected chi connectivity index (χ2v) is 5.85. The molecular formula is C16H21F3N2O3. The summed E-state index contributed by atoms with van der Waals surface area (Å²) in [4.78, 5) is 17.5. The fourth-order valence-electron chi connectivity index (χ4n) is 2.74. The maximum absolute atomic E-state index is 12.5. The monoisotopic (exact) mass is 346 g/mol. The predicted octanol–water partition coefficient (Wildman–Crippen LogP) is 2.40. The van der Waals surface area contributed by atoms with E-state index in [4.69, 9.17) is 4.74 Å². The maximum atomic E-state index is 12.5. The number of likely N-dealkylation sites (tertiary alicyclic amines) is 1. The average molecular weight is 346 g/mol. The van der Waals surface area contributed by atoms with Gasteiger partial charge in [-0.1, -0.05) is 0 Å². The molecule has 0 aliphatic carbocycles. The van der Waals surface area contributed by atoms with E-state index in [1.165, 1.54) is 0 Å². The Morgan fingerprint density at radius 2 is 2.12 bits per heavy atom. The number of aliphatic hydroxyl groups is 1. The number of piperidine rings is 1. The van der Waals surface area contributed by atoms with Crippen LogP contribution in [-0.2, 0) is 4.79 Å². The summed E-state index contributed by atoms with van der Waals surface area (Å²) in [5.74, 6) is -0.292. The molecular weight excluding hydrogens is 325 g/mol. The fourth-order valence-corrected chi connectivity index (χ4v) is 2.74. The third-order valence-corrected chi connectivity index (χ3v) is 4.11. The van der Waals surface area contributed by atoms with E-state index in [1.807, 2.05) is 0 Å². The Morgan fingerprint density at radius 1 is 1.42 bits per heavy atom. The van der Waals surface area contributed by atoms with Crippen molar-refractivity contribution < 1.29 is 27.8 Å². The van der Waals surface area contributed by atoms with Crippen LogP contribution in [0.4, 0.5) is 13.2 Å². The first-order chi connectivity index (χ1) is 11.4. The van der Waals surface area contributed by atoms with Gasteiger partial charge in [-0.3, -0.25) is 9.78 Å². The summed E-state index contributed by atoms with van der Waals surface area (Å²) in [6, 6.07) is 3.52.